The topological polar surface area (TPSA) is 3.24 Å². The van der Waals surface area contributed by atoms with E-state index in [-0.39, 0.29) is 21.7 Å². The number of nitrogens with zero attached hydrogens (tertiary/aromatic N) is 1. The Morgan fingerprint density at radius 3 is 2.00 bits per heavy atom. The molecule has 9 aliphatic rings. The molecule has 6 atom stereocenters. The highest BCUT2D eigenvalue weighted by Crippen LogP contribution is 2.89. The zero-order valence-corrected chi connectivity index (χ0v) is 32.9. The number of hydrogen-bond acceptors (Lipinski definition) is 1. The Hall–Kier alpha value is -4.10. The Labute approximate surface area is 317 Å². The fourth-order valence-electron chi connectivity index (χ4n) is 13.8. The van der Waals surface area contributed by atoms with Crippen LogP contribution in [0.5, 0.6) is 0 Å². The summed E-state index contributed by atoms with van der Waals surface area (Å²) in [5, 5.41) is 0. The van der Waals surface area contributed by atoms with Gasteiger partial charge in [0.1, 0.15) is 0 Å². The fraction of sp³-hybridized carbons (Fsp3) is 0.423. The smallest absolute Gasteiger partial charge is 0.0543 e. The van der Waals surface area contributed by atoms with Gasteiger partial charge < -0.3 is 4.90 Å². The van der Waals surface area contributed by atoms with Crippen LogP contribution in [0.2, 0.25) is 0 Å². The minimum atomic E-state index is 0.103. The first-order valence-corrected chi connectivity index (χ1v) is 20.7. The molecule has 0 amide bonds. The minimum absolute atomic E-state index is 0.103. The lowest BCUT2D eigenvalue weighted by Crippen LogP contribution is -2.81. The summed E-state index contributed by atoms with van der Waals surface area (Å²) >= 11 is 0. The number of anilines is 3. The zero-order valence-electron chi connectivity index (χ0n) is 32.9. The van der Waals surface area contributed by atoms with Crippen LogP contribution in [-0.4, -0.2) is 0 Å². The van der Waals surface area contributed by atoms with Crippen LogP contribution < -0.4 is 4.90 Å². The van der Waals surface area contributed by atoms with Gasteiger partial charge in [-0.05, 0) is 165 Å². The van der Waals surface area contributed by atoms with E-state index in [0.29, 0.717) is 5.41 Å². The average Bonchev–Trinajstić information content (AvgIpc) is 3.44. The van der Waals surface area contributed by atoms with E-state index in [9.17, 15) is 0 Å². The van der Waals surface area contributed by atoms with Crippen molar-refractivity contribution >= 4 is 17.1 Å². The molecule has 6 unspecified atom stereocenters. The minimum Gasteiger partial charge on any atom is -0.310 e. The summed E-state index contributed by atoms with van der Waals surface area (Å²) in [6.45, 7) is 16.8. The Morgan fingerprint density at radius 1 is 0.585 bits per heavy atom. The molecule has 5 aromatic carbocycles. The van der Waals surface area contributed by atoms with Crippen molar-refractivity contribution in [3.8, 4) is 22.3 Å². The summed E-state index contributed by atoms with van der Waals surface area (Å²) in [4.78, 5) is 2.63. The van der Waals surface area contributed by atoms with Gasteiger partial charge in [-0.1, -0.05) is 121 Å². The molecule has 14 rings (SSSR count). The normalized spacial score (nSPS) is 30.2. The number of rotatable bonds is 4. The molecule has 1 nitrogen and oxygen atoms in total. The van der Waals surface area contributed by atoms with E-state index < -0.39 is 0 Å². The summed E-state index contributed by atoms with van der Waals surface area (Å²) in [6, 6.07) is 43.3. The van der Waals surface area contributed by atoms with Gasteiger partial charge in [0.05, 0.1) is 5.69 Å². The van der Waals surface area contributed by atoms with Crippen LogP contribution in [0.1, 0.15) is 115 Å². The second kappa shape index (κ2) is 10.3. The van der Waals surface area contributed by atoms with Gasteiger partial charge in [0.25, 0.3) is 0 Å². The highest BCUT2D eigenvalue weighted by molar-refractivity contribution is 5.96. The Bertz CT molecular complexity index is 2320. The second-order valence-electron chi connectivity index (χ2n) is 20.6. The molecule has 0 radical (unpaired) electrons. The lowest BCUT2D eigenvalue weighted by molar-refractivity contribution is -0.327. The summed E-state index contributed by atoms with van der Waals surface area (Å²) in [7, 11) is 0. The second-order valence-corrected chi connectivity index (χ2v) is 20.6. The number of hydrogen-bond donors (Lipinski definition) is 0. The van der Waals surface area contributed by atoms with Gasteiger partial charge in [-0.15, -0.1) is 0 Å². The molecule has 0 saturated heterocycles. The van der Waals surface area contributed by atoms with Crippen LogP contribution in [-0.2, 0) is 21.7 Å². The lowest BCUT2D eigenvalue weighted by Gasteiger charge is -2.85. The van der Waals surface area contributed by atoms with Gasteiger partial charge in [0.15, 0.2) is 0 Å². The molecule has 268 valence electrons. The van der Waals surface area contributed by atoms with Crippen LogP contribution in [0, 0.1) is 29.1 Å². The molecule has 7 fully saturated rings. The van der Waals surface area contributed by atoms with Crippen LogP contribution in [0.4, 0.5) is 17.1 Å². The van der Waals surface area contributed by atoms with Crippen molar-refractivity contribution in [2.45, 2.75) is 109 Å². The van der Waals surface area contributed by atoms with Crippen LogP contribution >= 0.6 is 0 Å². The molecule has 9 aliphatic carbocycles. The Kier molecular flexibility index (Phi) is 6.31. The van der Waals surface area contributed by atoms with Gasteiger partial charge in [-0.3, -0.25) is 0 Å². The first-order chi connectivity index (χ1) is 25.3. The molecule has 53 heavy (non-hydrogen) atoms. The fourth-order valence-corrected chi connectivity index (χ4v) is 13.8. The Morgan fingerprint density at radius 2 is 1.30 bits per heavy atom. The van der Waals surface area contributed by atoms with Gasteiger partial charge in [-0.25, -0.2) is 0 Å². The van der Waals surface area contributed by atoms with Gasteiger partial charge in [0, 0.05) is 22.4 Å². The molecule has 5 aromatic rings. The maximum absolute atomic E-state index is 2.73. The van der Waals surface area contributed by atoms with Crippen molar-refractivity contribution in [1.82, 2.24) is 0 Å². The first-order valence-electron chi connectivity index (χ1n) is 20.7. The highest BCUT2D eigenvalue weighted by Gasteiger charge is 2.84. The molecule has 0 aromatic heterocycles. The third kappa shape index (κ3) is 4.05. The number of benzene rings is 5. The molecule has 0 N–H and O–H groups in total. The van der Waals surface area contributed by atoms with Crippen LogP contribution in [0.3, 0.4) is 0 Å². The summed E-state index contributed by atoms with van der Waals surface area (Å²) < 4.78 is 0. The van der Waals surface area contributed by atoms with Gasteiger partial charge >= 0.3 is 0 Å². The van der Waals surface area contributed by atoms with Crippen LogP contribution in [0.25, 0.3) is 22.3 Å². The molecule has 0 aliphatic heterocycles. The van der Waals surface area contributed by atoms with E-state index in [4.69, 9.17) is 0 Å². The van der Waals surface area contributed by atoms with Crippen molar-refractivity contribution < 1.29 is 0 Å². The van der Waals surface area contributed by atoms with Crippen LogP contribution in [0.15, 0.2) is 109 Å². The summed E-state index contributed by atoms with van der Waals surface area (Å²) in [6.07, 6.45) is 8.21. The van der Waals surface area contributed by atoms with Gasteiger partial charge in [0.2, 0.25) is 0 Å². The maximum atomic E-state index is 2.73. The summed E-state index contributed by atoms with van der Waals surface area (Å²) in [5.74, 6) is 3.61. The zero-order chi connectivity index (χ0) is 36.3. The van der Waals surface area contributed by atoms with E-state index in [1.54, 1.807) is 11.1 Å². The summed E-state index contributed by atoms with van der Waals surface area (Å²) in [5.41, 5.74) is 18.1. The van der Waals surface area contributed by atoms with E-state index in [1.165, 1.54) is 94.5 Å². The number of fused-ring (bicyclic) bond motifs is 4. The van der Waals surface area contributed by atoms with E-state index in [2.05, 4.69) is 163 Å². The monoisotopic (exact) mass is 693 g/mol. The quantitative estimate of drug-likeness (QED) is 0.181. The largest absolute Gasteiger partial charge is 0.310 e. The standard InChI is InChI=1S/C52H55N/c1-48(2,3)35-19-17-33(18-20-35)39-28-40-38-15-11-12-16-41(38)52(45-26-32-25-34-31-51(52,30-32)47(34)45)43(40)29-46(39)53(36-13-9-8-10-14-36)37-21-22-42-44(27-37)50(6,7)24-23-49(42,4)5/h8-22,27-29,32,34,45,47H,23-26,30-31H2,1-7H3. The molecule has 5 bridgehead atoms. The van der Waals surface area contributed by atoms with Crippen molar-refractivity contribution in [3.05, 3.63) is 137 Å². The van der Waals surface area contributed by atoms with E-state index in [0.717, 1.165) is 23.7 Å². The van der Waals surface area contributed by atoms with Gasteiger partial charge in [-0.2, -0.15) is 0 Å². The average molecular weight is 694 g/mol. The predicted molar refractivity (Wildman–Crippen MR) is 222 cm³/mol. The van der Waals surface area contributed by atoms with E-state index in [1.807, 2.05) is 0 Å². The third-order valence-electron chi connectivity index (χ3n) is 16.0. The van der Waals surface area contributed by atoms with Crippen molar-refractivity contribution in [1.29, 1.82) is 0 Å². The first kappa shape index (κ1) is 32.3. The van der Waals surface area contributed by atoms with Crippen molar-refractivity contribution in [2.75, 3.05) is 4.90 Å². The van der Waals surface area contributed by atoms with Crippen molar-refractivity contribution in [3.63, 3.8) is 0 Å². The molecular weight excluding hydrogens is 639 g/mol. The van der Waals surface area contributed by atoms with E-state index >= 15 is 0 Å². The molecule has 1 heteroatoms. The molecular formula is C52H55N. The lowest BCUT2D eigenvalue weighted by atomic mass is 9.18. The number of para-hydroxylation sites is 1. The predicted octanol–water partition coefficient (Wildman–Crippen LogP) is 13.8. The maximum Gasteiger partial charge on any atom is 0.0543 e. The molecule has 0 heterocycles. The Balaban J connectivity index is 1.19. The molecule has 2 spiro atoms. The third-order valence-corrected chi connectivity index (χ3v) is 16.0. The molecule has 7 saturated carbocycles. The SMILES string of the molecule is CC(C)(C)c1ccc(-c2cc3c(cc2N(c2ccccc2)c2ccc4c(c2)C(C)(C)CCC4(C)C)C2(c4ccccc4-3)C3CC4CC5CC2(C4)C53)cc1. The highest BCUT2D eigenvalue weighted by atomic mass is 15.1. The van der Waals surface area contributed by atoms with Crippen molar-refractivity contribution in [2.24, 2.45) is 29.1 Å².